The minimum atomic E-state index is -4.49. The zero-order chi connectivity index (χ0) is 30.7. The maximum atomic E-state index is 13.2. The van der Waals surface area contributed by atoms with E-state index in [1.54, 1.807) is 19.1 Å². The summed E-state index contributed by atoms with van der Waals surface area (Å²) in [5.41, 5.74) is 1.84. The van der Waals surface area contributed by atoms with Gasteiger partial charge in [-0.05, 0) is 77.8 Å². The second kappa shape index (κ2) is 12.5. The second-order valence-corrected chi connectivity index (χ2v) is 10.5. The van der Waals surface area contributed by atoms with Gasteiger partial charge in [-0.25, -0.2) is 0 Å². The number of rotatable bonds is 6. The van der Waals surface area contributed by atoms with E-state index in [0.717, 1.165) is 29.8 Å². The number of aliphatic carboxylic acids is 1. The van der Waals surface area contributed by atoms with Crippen LogP contribution in [0.4, 0.5) is 26.3 Å². The van der Waals surface area contributed by atoms with Gasteiger partial charge in [-0.15, -0.1) is 0 Å². The molecule has 3 atom stereocenters. The van der Waals surface area contributed by atoms with Crippen LogP contribution in [0.2, 0.25) is 0 Å². The van der Waals surface area contributed by atoms with Gasteiger partial charge in [0.05, 0.1) is 17.2 Å². The predicted molar refractivity (Wildman–Crippen MR) is 148 cm³/mol. The first-order chi connectivity index (χ1) is 19.7. The SMILES string of the molecule is C=C(C)C#C[C@H](c1ccc(-c2ccc(C(F)(F)F)cc2)cc1)N1CC[C@@H](CC(=O)O)C[C@H]1c1ccc(C(F)(F)F)cc1. The summed E-state index contributed by atoms with van der Waals surface area (Å²) < 4.78 is 78.7. The smallest absolute Gasteiger partial charge is 0.416 e. The fourth-order valence-electron chi connectivity index (χ4n) is 5.28. The Balaban J connectivity index is 1.70. The van der Waals surface area contributed by atoms with Crippen LogP contribution < -0.4 is 0 Å². The Labute approximate surface area is 240 Å². The van der Waals surface area contributed by atoms with Gasteiger partial charge >= 0.3 is 18.3 Å². The number of hydrogen-bond donors (Lipinski definition) is 1. The predicted octanol–water partition coefficient (Wildman–Crippen LogP) is 8.94. The molecular weight excluding hydrogens is 556 g/mol. The standard InChI is InChI=1S/C33H29F6NO2/c1-21(2)3-16-29(25-6-4-23(5-7-25)24-8-12-27(13-9-24)32(34,35)36)40-18-17-22(20-31(41)42)19-30(40)26-10-14-28(15-11-26)33(37,38)39/h4-15,22,29-30H,1,17-20H2,2H3,(H,41,42)/t22-,29-,30+/m1/s1. The van der Waals surface area contributed by atoms with E-state index in [1.807, 2.05) is 12.1 Å². The first-order valence-corrected chi connectivity index (χ1v) is 13.3. The molecular formula is C33H29F6NO2. The highest BCUT2D eigenvalue weighted by atomic mass is 19.4. The number of carbonyl (C=O) groups is 1. The Kier molecular flexibility index (Phi) is 9.17. The monoisotopic (exact) mass is 585 g/mol. The molecule has 1 aliphatic heterocycles. The summed E-state index contributed by atoms with van der Waals surface area (Å²) in [4.78, 5) is 13.5. The van der Waals surface area contributed by atoms with Gasteiger partial charge in [0.15, 0.2) is 0 Å². The highest BCUT2D eigenvalue weighted by molar-refractivity contribution is 5.67. The van der Waals surface area contributed by atoms with Crippen LogP contribution in [-0.2, 0) is 17.1 Å². The van der Waals surface area contributed by atoms with Crippen molar-refractivity contribution in [3.63, 3.8) is 0 Å². The number of allylic oxidation sites excluding steroid dienone is 1. The van der Waals surface area contributed by atoms with Crippen molar-refractivity contribution < 1.29 is 36.2 Å². The van der Waals surface area contributed by atoms with Gasteiger partial charge in [0, 0.05) is 19.0 Å². The van der Waals surface area contributed by atoms with E-state index in [1.165, 1.54) is 24.3 Å². The van der Waals surface area contributed by atoms with Crippen LogP contribution >= 0.6 is 0 Å². The Morgan fingerprint density at radius 1 is 0.905 bits per heavy atom. The molecule has 0 amide bonds. The van der Waals surface area contributed by atoms with Crippen LogP contribution in [0.25, 0.3) is 11.1 Å². The zero-order valence-electron chi connectivity index (χ0n) is 22.8. The molecule has 1 fully saturated rings. The van der Waals surface area contributed by atoms with Gasteiger partial charge in [0.2, 0.25) is 0 Å². The lowest BCUT2D eigenvalue weighted by Crippen LogP contribution is -2.39. The molecule has 1 saturated heterocycles. The molecule has 0 aliphatic carbocycles. The van der Waals surface area contributed by atoms with E-state index in [4.69, 9.17) is 0 Å². The Bertz CT molecular complexity index is 1460. The molecule has 0 saturated carbocycles. The molecule has 4 rings (SSSR count). The Morgan fingerprint density at radius 2 is 1.40 bits per heavy atom. The van der Waals surface area contributed by atoms with Gasteiger partial charge in [0.1, 0.15) is 0 Å². The quantitative estimate of drug-likeness (QED) is 0.232. The molecule has 0 aromatic heterocycles. The molecule has 1 heterocycles. The van der Waals surface area contributed by atoms with Gasteiger partial charge in [-0.2, -0.15) is 26.3 Å². The number of likely N-dealkylation sites (tertiary alicyclic amines) is 1. The van der Waals surface area contributed by atoms with Crippen molar-refractivity contribution in [3.05, 3.63) is 107 Å². The summed E-state index contributed by atoms with van der Waals surface area (Å²) in [5, 5.41) is 9.40. The van der Waals surface area contributed by atoms with E-state index in [-0.39, 0.29) is 12.3 Å². The number of halogens is 6. The molecule has 42 heavy (non-hydrogen) atoms. The Morgan fingerprint density at radius 3 is 1.88 bits per heavy atom. The van der Waals surface area contributed by atoms with E-state index >= 15 is 0 Å². The van der Waals surface area contributed by atoms with Crippen molar-refractivity contribution in [2.24, 2.45) is 5.92 Å². The fraction of sp³-hybridized carbons (Fsp3) is 0.303. The average Bonchev–Trinajstić information content (AvgIpc) is 2.93. The largest absolute Gasteiger partial charge is 0.481 e. The maximum absolute atomic E-state index is 13.2. The zero-order valence-corrected chi connectivity index (χ0v) is 22.8. The van der Waals surface area contributed by atoms with Gasteiger partial charge < -0.3 is 5.11 Å². The van der Waals surface area contributed by atoms with Crippen molar-refractivity contribution in [2.45, 2.75) is 50.6 Å². The molecule has 3 aromatic carbocycles. The maximum Gasteiger partial charge on any atom is 0.416 e. The number of alkyl halides is 6. The molecule has 0 radical (unpaired) electrons. The lowest BCUT2D eigenvalue weighted by atomic mass is 9.83. The molecule has 3 aromatic rings. The van der Waals surface area contributed by atoms with Crippen molar-refractivity contribution in [1.29, 1.82) is 0 Å². The topological polar surface area (TPSA) is 40.5 Å². The van der Waals surface area contributed by atoms with E-state index in [9.17, 15) is 36.2 Å². The summed E-state index contributed by atoms with van der Waals surface area (Å²) in [6.07, 6.45) is -7.97. The van der Waals surface area contributed by atoms with Crippen molar-refractivity contribution in [2.75, 3.05) is 6.54 Å². The molecule has 0 spiro atoms. The van der Waals surface area contributed by atoms with E-state index in [0.29, 0.717) is 41.6 Å². The number of piperidine rings is 1. The first-order valence-electron chi connectivity index (χ1n) is 13.3. The van der Waals surface area contributed by atoms with Crippen LogP contribution in [0.1, 0.15) is 60.5 Å². The normalized spacial score (nSPS) is 18.5. The molecule has 1 N–H and O–H groups in total. The first kappa shape index (κ1) is 30.9. The van der Waals surface area contributed by atoms with Crippen molar-refractivity contribution in [1.82, 2.24) is 4.90 Å². The third kappa shape index (κ3) is 7.62. The van der Waals surface area contributed by atoms with Gasteiger partial charge in [-0.1, -0.05) is 67.0 Å². The van der Waals surface area contributed by atoms with Gasteiger partial charge in [-0.3, -0.25) is 9.69 Å². The van der Waals surface area contributed by atoms with E-state index < -0.39 is 41.5 Å². The highest BCUT2D eigenvalue weighted by Crippen LogP contribution is 2.42. The van der Waals surface area contributed by atoms with Gasteiger partial charge in [0.25, 0.3) is 0 Å². The summed E-state index contributed by atoms with van der Waals surface area (Å²) in [6, 6.07) is 16.1. The summed E-state index contributed by atoms with van der Waals surface area (Å²) in [5.74, 6) is 5.15. The molecule has 0 unspecified atom stereocenters. The average molecular weight is 586 g/mol. The lowest BCUT2D eigenvalue weighted by molar-refractivity contribution is -0.139. The number of hydrogen-bond acceptors (Lipinski definition) is 2. The van der Waals surface area contributed by atoms with Crippen LogP contribution in [0, 0.1) is 17.8 Å². The molecule has 220 valence electrons. The summed E-state index contributed by atoms with van der Waals surface area (Å²) in [6.45, 7) is 6.07. The number of carboxylic acids is 1. The number of nitrogens with zero attached hydrogens (tertiary/aromatic N) is 1. The van der Waals surface area contributed by atoms with Crippen molar-refractivity contribution >= 4 is 5.97 Å². The van der Waals surface area contributed by atoms with Crippen molar-refractivity contribution in [3.8, 4) is 23.0 Å². The molecule has 3 nitrogen and oxygen atoms in total. The summed E-state index contributed by atoms with van der Waals surface area (Å²) >= 11 is 0. The number of benzene rings is 3. The second-order valence-electron chi connectivity index (χ2n) is 10.5. The third-order valence-corrected chi connectivity index (χ3v) is 7.36. The molecule has 1 aliphatic rings. The van der Waals surface area contributed by atoms with Crippen LogP contribution in [-0.4, -0.2) is 22.5 Å². The number of carboxylic acid groups (broad SMARTS) is 1. The Hall–Kier alpha value is -4.03. The molecule has 9 heteroatoms. The highest BCUT2D eigenvalue weighted by Gasteiger charge is 2.36. The molecule has 0 bridgehead atoms. The van der Waals surface area contributed by atoms with Crippen LogP contribution in [0.5, 0.6) is 0 Å². The lowest BCUT2D eigenvalue weighted by Gasteiger charge is -2.42. The minimum Gasteiger partial charge on any atom is -0.481 e. The summed E-state index contributed by atoms with van der Waals surface area (Å²) in [7, 11) is 0. The minimum absolute atomic E-state index is 0.0467. The van der Waals surface area contributed by atoms with Crippen LogP contribution in [0.3, 0.4) is 0 Å². The fourth-order valence-corrected chi connectivity index (χ4v) is 5.28. The third-order valence-electron chi connectivity index (χ3n) is 7.36. The van der Waals surface area contributed by atoms with E-state index in [2.05, 4.69) is 23.3 Å². The van der Waals surface area contributed by atoms with Crippen LogP contribution in [0.15, 0.2) is 84.9 Å².